The Morgan fingerprint density at radius 2 is 1.81 bits per heavy atom. The fraction of sp³-hybridized carbons (Fsp3) is 0.846. The van der Waals surface area contributed by atoms with Gasteiger partial charge < -0.3 is 24.8 Å². The Morgan fingerprint density at radius 1 is 1.10 bits per heavy atom. The summed E-state index contributed by atoms with van der Waals surface area (Å²) in [4.78, 5) is 21.7. The van der Waals surface area contributed by atoms with E-state index in [1.165, 1.54) is 6.92 Å². The maximum atomic E-state index is 13.1. The van der Waals surface area contributed by atoms with Gasteiger partial charge in [0.2, 0.25) is 11.8 Å². The number of carbonyl (C=O) groups excluding carboxylic acids is 2. The van der Waals surface area contributed by atoms with Gasteiger partial charge in [0, 0.05) is 20.1 Å². The van der Waals surface area contributed by atoms with Crippen LogP contribution in [0.2, 0.25) is 0 Å². The van der Waals surface area contributed by atoms with Crippen molar-refractivity contribution in [2.45, 2.75) is 20.0 Å². The number of hydrogen-bond donors (Lipinski definition) is 2. The molecule has 0 fully saturated rings. The Morgan fingerprint density at radius 3 is 2.48 bits per heavy atom. The van der Waals surface area contributed by atoms with Gasteiger partial charge in [-0.15, -0.1) is 0 Å². The molecule has 0 aromatic heterocycles. The predicted octanol–water partition coefficient (Wildman–Crippen LogP) is -0.353. The second-order valence-corrected chi connectivity index (χ2v) is 4.21. The number of carbonyl (C=O) groups is 2. The summed E-state index contributed by atoms with van der Waals surface area (Å²) >= 11 is 0. The second kappa shape index (κ2) is 13.7. The SMILES string of the molecule is CCOCC(=O)NCCOCCOCC(F)CNC(C)=O. The molecule has 0 heterocycles. The number of hydrogen-bond acceptors (Lipinski definition) is 5. The van der Waals surface area contributed by atoms with E-state index < -0.39 is 6.17 Å². The molecule has 0 spiro atoms. The average molecular weight is 308 g/mol. The molecule has 0 aromatic carbocycles. The molecule has 124 valence electrons. The van der Waals surface area contributed by atoms with Gasteiger partial charge in [-0.05, 0) is 6.92 Å². The molecule has 0 radical (unpaired) electrons. The van der Waals surface area contributed by atoms with E-state index >= 15 is 0 Å². The molecule has 1 atom stereocenters. The molecule has 0 saturated heterocycles. The fourth-order valence-electron chi connectivity index (χ4n) is 1.25. The van der Waals surface area contributed by atoms with Gasteiger partial charge in [0.1, 0.15) is 12.8 Å². The molecular weight excluding hydrogens is 283 g/mol. The normalized spacial score (nSPS) is 12.0. The van der Waals surface area contributed by atoms with Crippen molar-refractivity contribution in [3.63, 3.8) is 0 Å². The molecule has 8 heteroatoms. The highest BCUT2D eigenvalue weighted by Crippen LogP contribution is 1.90. The quantitative estimate of drug-likeness (QED) is 0.454. The van der Waals surface area contributed by atoms with Crippen LogP contribution in [0.3, 0.4) is 0 Å². The Bertz CT molecular complexity index is 292. The number of amides is 2. The van der Waals surface area contributed by atoms with E-state index in [1.54, 1.807) is 0 Å². The summed E-state index contributed by atoms with van der Waals surface area (Å²) in [5.41, 5.74) is 0. The van der Waals surface area contributed by atoms with Crippen LogP contribution in [0, 0.1) is 0 Å². The molecule has 0 aliphatic carbocycles. The lowest BCUT2D eigenvalue weighted by molar-refractivity contribution is -0.125. The second-order valence-electron chi connectivity index (χ2n) is 4.21. The van der Waals surface area contributed by atoms with Crippen LogP contribution in [-0.4, -0.2) is 70.7 Å². The highest BCUT2D eigenvalue weighted by atomic mass is 19.1. The molecule has 0 aliphatic rings. The van der Waals surface area contributed by atoms with Crippen LogP contribution in [0.4, 0.5) is 4.39 Å². The Kier molecular flexibility index (Phi) is 12.9. The zero-order chi connectivity index (χ0) is 15.9. The van der Waals surface area contributed by atoms with Crippen molar-refractivity contribution in [1.82, 2.24) is 10.6 Å². The minimum absolute atomic E-state index is 0.0474. The van der Waals surface area contributed by atoms with E-state index in [4.69, 9.17) is 14.2 Å². The van der Waals surface area contributed by atoms with E-state index in [0.29, 0.717) is 26.4 Å². The first kappa shape index (κ1) is 19.8. The van der Waals surface area contributed by atoms with Crippen LogP contribution in [0.15, 0.2) is 0 Å². The van der Waals surface area contributed by atoms with Crippen LogP contribution < -0.4 is 10.6 Å². The van der Waals surface area contributed by atoms with Crippen LogP contribution in [-0.2, 0) is 23.8 Å². The standard InChI is InChI=1S/C13H25FN2O5/c1-3-19-10-13(18)15-4-5-20-6-7-21-9-12(14)8-16-11(2)17/h12H,3-10H2,1-2H3,(H,15,18)(H,16,17). The van der Waals surface area contributed by atoms with Crippen molar-refractivity contribution in [3.05, 3.63) is 0 Å². The lowest BCUT2D eigenvalue weighted by Gasteiger charge is -2.10. The molecule has 0 rings (SSSR count). The van der Waals surface area contributed by atoms with Crippen LogP contribution in [0.5, 0.6) is 0 Å². The van der Waals surface area contributed by atoms with Crippen molar-refractivity contribution < 1.29 is 28.2 Å². The smallest absolute Gasteiger partial charge is 0.246 e. The fourth-order valence-corrected chi connectivity index (χ4v) is 1.25. The zero-order valence-electron chi connectivity index (χ0n) is 12.7. The molecule has 21 heavy (non-hydrogen) atoms. The summed E-state index contributed by atoms with van der Waals surface area (Å²) < 4.78 is 28.3. The number of ether oxygens (including phenoxy) is 3. The summed E-state index contributed by atoms with van der Waals surface area (Å²) in [5, 5.41) is 4.99. The number of rotatable bonds is 13. The summed E-state index contributed by atoms with van der Waals surface area (Å²) in [5.74, 6) is -0.456. The van der Waals surface area contributed by atoms with Crippen molar-refractivity contribution in [1.29, 1.82) is 0 Å². The molecule has 0 bridgehead atoms. The summed E-state index contributed by atoms with van der Waals surface area (Å²) in [6, 6.07) is 0. The van der Waals surface area contributed by atoms with Gasteiger partial charge >= 0.3 is 0 Å². The molecule has 7 nitrogen and oxygen atoms in total. The van der Waals surface area contributed by atoms with E-state index in [2.05, 4.69) is 10.6 Å². The maximum Gasteiger partial charge on any atom is 0.246 e. The van der Waals surface area contributed by atoms with Gasteiger partial charge in [-0.3, -0.25) is 9.59 Å². The first-order valence-corrected chi connectivity index (χ1v) is 6.94. The van der Waals surface area contributed by atoms with Gasteiger partial charge in [0.15, 0.2) is 0 Å². The third kappa shape index (κ3) is 15.0. The van der Waals surface area contributed by atoms with Gasteiger partial charge in [0.25, 0.3) is 0 Å². The van der Waals surface area contributed by atoms with Crippen molar-refractivity contribution in [2.24, 2.45) is 0 Å². The van der Waals surface area contributed by atoms with Crippen LogP contribution >= 0.6 is 0 Å². The van der Waals surface area contributed by atoms with Gasteiger partial charge in [-0.1, -0.05) is 0 Å². The van der Waals surface area contributed by atoms with E-state index in [9.17, 15) is 14.0 Å². The summed E-state index contributed by atoms with van der Waals surface area (Å²) in [6.45, 7) is 4.86. The average Bonchev–Trinajstić information content (AvgIpc) is 2.45. The minimum atomic E-state index is -1.23. The Labute approximate surface area is 124 Å². The van der Waals surface area contributed by atoms with Crippen molar-refractivity contribution >= 4 is 11.8 Å². The van der Waals surface area contributed by atoms with Crippen LogP contribution in [0.25, 0.3) is 0 Å². The topological polar surface area (TPSA) is 85.9 Å². The maximum absolute atomic E-state index is 13.1. The molecule has 0 aliphatic heterocycles. The largest absolute Gasteiger partial charge is 0.377 e. The Balaban J connectivity index is 3.25. The molecule has 0 saturated carbocycles. The molecule has 2 N–H and O–H groups in total. The lowest BCUT2D eigenvalue weighted by atomic mass is 10.4. The van der Waals surface area contributed by atoms with Gasteiger partial charge in [-0.2, -0.15) is 0 Å². The van der Waals surface area contributed by atoms with E-state index in [-0.39, 0.29) is 38.2 Å². The molecule has 2 amide bonds. The first-order chi connectivity index (χ1) is 10.1. The first-order valence-electron chi connectivity index (χ1n) is 6.94. The lowest BCUT2D eigenvalue weighted by Crippen LogP contribution is -2.31. The third-order valence-electron chi connectivity index (χ3n) is 2.25. The minimum Gasteiger partial charge on any atom is -0.377 e. The summed E-state index contributed by atoms with van der Waals surface area (Å²) in [7, 11) is 0. The molecule has 1 unspecified atom stereocenters. The summed E-state index contributed by atoms with van der Waals surface area (Å²) in [6.07, 6.45) is -1.23. The number of alkyl halides is 1. The highest BCUT2D eigenvalue weighted by Gasteiger charge is 2.06. The van der Waals surface area contributed by atoms with Gasteiger partial charge in [0.05, 0.1) is 33.0 Å². The third-order valence-corrected chi connectivity index (χ3v) is 2.25. The zero-order valence-corrected chi connectivity index (χ0v) is 12.7. The molecular formula is C13H25FN2O5. The van der Waals surface area contributed by atoms with Crippen LogP contribution in [0.1, 0.15) is 13.8 Å². The monoisotopic (exact) mass is 308 g/mol. The number of nitrogens with one attached hydrogen (secondary N) is 2. The Hall–Kier alpha value is -1.25. The van der Waals surface area contributed by atoms with Crippen molar-refractivity contribution in [2.75, 3.05) is 52.7 Å². The number of halogens is 1. The van der Waals surface area contributed by atoms with Crippen molar-refractivity contribution in [3.8, 4) is 0 Å². The van der Waals surface area contributed by atoms with Gasteiger partial charge in [-0.25, -0.2) is 4.39 Å². The molecule has 0 aromatic rings. The predicted molar refractivity (Wildman–Crippen MR) is 74.7 cm³/mol. The van der Waals surface area contributed by atoms with E-state index in [1.807, 2.05) is 6.92 Å². The van der Waals surface area contributed by atoms with E-state index in [0.717, 1.165) is 0 Å². The highest BCUT2D eigenvalue weighted by molar-refractivity contribution is 5.77.